The molecule has 110 valence electrons. The van der Waals surface area contributed by atoms with Gasteiger partial charge in [-0.15, -0.1) is 0 Å². The van der Waals surface area contributed by atoms with E-state index in [0.29, 0.717) is 5.41 Å². The Morgan fingerprint density at radius 1 is 1.15 bits per heavy atom. The summed E-state index contributed by atoms with van der Waals surface area (Å²) >= 11 is 0. The predicted molar refractivity (Wildman–Crippen MR) is 84.0 cm³/mol. The number of aromatic nitrogens is 1. The summed E-state index contributed by atoms with van der Waals surface area (Å²) in [6.45, 7) is 3.35. The molecule has 0 radical (unpaired) electrons. The van der Waals surface area contributed by atoms with E-state index in [-0.39, 0.29) is 0 Å². The monoisotopic (exact) mass is 273 g/mol. The first-order valence-corrected chi connectivity index (χ1v) is 8.15. The van der Waals surface area contributed by atoms with Gasteiger partial charge in [-0.25, -0.2) is 0 Å². The molecule has 3 rings (SSSR count). The van der Waals surface area contributed by atoms with Crippen LogP contribution in [0.15, 0.2) is 18.5 Å². The third kappa shape index (κ3) is 2.83. The first kappa shape index (κ1) is 13.9. The molecule has 2 aliphatic rings. The Bertz CT molecular complexity index is 428. The van der Waals surface area contributed by atoms with Crippen molar-refractivity contribution in [2.45, 2.75) is 51.5 Å². The minimum absolute atomic E-state index is 0.685. The van der Waals surface area contributed by atoms with Crippen molar-refractivity contribution >= 4 is 5.69 Å². The largest absolute Gasteiger partial charge is 0.371 e. The zero-order valence-electron chi connectivity index (χ0n) is 12.7. The Morgan fingerprint density at radius 3 is 2.60 bits per heavy atom. The molecule has 0 unspecified atom stereocenters. The van der Waals surface area contributed by atoms with Gasteiger partial charge in [0, 0.05) is 43.3 Å². The quantitative estimate of drug-likeness (QED) is 0.915. The summed E-state index contributed by atoms with van der Waals surface area (Å²) in [6.07, 6.45) is 14.0. The van der Waals surface area contributed by atoms with E-state index in [9.17, 15) is 0 Å². The highest BCUT2D eigenvalue weighted by atomic mass is 15.1. The van der Waals surface area contributed by atoms with Crippen LogP contribution in [-0.2, 0) is 6.54 Å². The summed E-state index contributed by atoms with van der Waals surface area (Å²) in [5.41, 5.74) is 3.40. The highest BCUT2D eigenvalue weighted by molar-refractivity contribution is 5.52. The van der Waals surface area contributed by atoms with Gasteiger partial charge in [0.05, 0.1) is 0 Å². The number of piperidine rings is 1. The van der Waals surface area contributed by atoms with Crippen molar-refractivity contribution in [2.24, 2.45) is 5.41 Å². The van der Waals surface area contributed by atoms with Gasteiger partial charge in [0.15, 0.2) is 0 Å². The SMILES string of the molecule is CNCc1cnccc1N1CCC2(CCCCC2)CC1. The van der Waals surface area contributed by atoms with Gasteiger partial charge < -0.3 is 10.2 Å². The zero-order valence-corrected chi connectivity index (χ0v) is 12.7. The van der Waals surface area contributed by atoms with E-state index in [1.165, 1.54) is 69.3 Å². The zero-order chi connectivity index (χ0) is 13.8. The summed E-state index contributed by atoms with van der Waals surface area (Å²) in [5, 5.41) is 3.25. The normalized spacial score (nSPS) is 22.1. The molecule has 3 nitrogen and oxygen atoms in total. The van der Waals surface area contributed by atoms with Crippen LogP contribution in [0.5, 0.6) is 0 Å². The fourth-order valence-electron chi connectivity index (χ4n) is 4.08. The molecule has 1 saturated carbocycles. The van der Waals surface area contributed by atoms with Crippen molar-refractivity contribution in [2.75, 3.05) is 25.0 Å². The maximum Gasteiger partial charge on any atom is 0.0442 e. The lowest BCUT2D eigenvalue weighted by atomic mass is 9.68. The first-order chi connectivity index (χ1) is 9.83. The van der Waals surface area contributed by atoms with Crippen LogP contribution < -0.4 is 10.2 Å². The predicted octanol–water partition coefficient (Wildman–Crippen LogP) is 3.35. The summed E-state index contributed by atoms with van der Waals surface area (Å²) in [5.74, 6) is 0. The molecule has 0 aromatic carbocycles. The Labute approximate surface area is 122 Å². The molecule has 1 saturated heterocycles. The molecule has 0 atom stereocenters. The smallest absolute Gasteiger partial charge is 0.0442 e. The van der Waals surface area contributed by atoms with E-state index in [1.54, 1.807) is 0 Å². The summed E-state index contributed by atoms with van der Waals surface area (Å²) < 4.78 is 0. The topological polar surface area (TPSA) is 28.2 Å². The second kappa shape index (κ2) is 6.13. The van der Waals surface area contributed by atoms with Crippen LogP contribution in [-0.4, -0.2) is 25.1 Å². The number of nitrogens with zero attached hydrogens (tertiary/aromatic N) is 2. The molecule has 2 heterocycles. The Morgan fingerprint density at radius 2 is 1.90 bits per heavy atom. The maximum absolute atomic E-state index is 4.28. The molecule has 3 heteroatoms. The highest BCUT2D eigenvalue weighted by Gasteiger charge is 2.35. The van der Waals surface area contributed by atoms with Gasteiger partial charge in [-0.3, -0.25) is 4.98 Å². The third-order valence-corrected chi connectivity index (χ3v) is 5.32. The molecular formula is C17H27N3. The molecule has 1 spiro atoms. The molecule has 1 aromatic rings. The summed E-state index contributed by atoms with van der Waals surface area (Å²) in [6, 6.07) is 2.19. The average molecular weight is 273 g/mol. The van der Waals surface area contributed by atoms with Crippen molar-refractivity contribution < 1.29 is 0 Å². The van der Waals surface area contributed by atoms with E-state index in [2.05, 4.69) is 21.3 Å². The van der Waals surface area contributed by atoms with Crippen LogP contribution in [0.4, 0.5) is 5.69 Å². The van der Waals surface area contributed by atoms with E-state index in [0.717, 1.165) is 6.54 Å². The Kier molecular flexibility index (Phi) is 4.25. The van der Waals surface area contributed by atoms with Gasteiger partial charge in [-0.05, 0) is 44.2 Å². The van der Waals surface area contributed by atoms with E-state index < -0.39 is 0 Å². The standard InChI is InChI=1S/C17H27N3/c1-18-13-15-14-19-10-5-16(15)20-11-8-17(9-12-20)6-3-2-4-7-17/h5,10,14,18H,2-4,6-9,11-13H2,1H3. The summed E-state index contributed by atoms with van der Waals surface area (Å²) in [4.78, 5) is 6.85. The number of hydrogen-bond acceptors (Lipinski definition) is 3. The van der Waals surface area contributed by atoms with E-state index in [1.807, 2.05) is 19.4 Å². The lowest BCUT2D eigenvalue weighted by Crippen LogP contribution is -2.41. The molecule has 20 heavy (non-hydrogen) atoms. The van der Waals surface area contributed by atoms with Gasteiger partial charge in [0.2, 0.25) is 0 Å². The summed E-state index contributed by atoms with van der Waals surface area (Å²) in [7, 11) is 2.00. The van der Waals surface area contributed by atoms with Crippen molar-refractivity contribution in [3.63, 3.8) is 0 Å². The number of nitrogens with one attached hydrogen (secondary N) is 1. The van der Waals surface area contributed by atoms with Crippen molar-refractivity contribution in [1.82, 2.24) is 10.3 Å². The van der Waals surface area contributed by atoms with Gasteiger partial charge in [-0.2, -0.15) is 0 Å². The van der Waals surface area contributed by atoms with Crippen LogP contribution in [0.1, 0.15) is 50.5 Å². The molecule has 0 amide bonds. The molecular weight excluding hydrogens is 246 g/mol. The van der Waals surface area contributed by atoms with Crippen molar-refractivity contribution in [3.05, 3.63) is 24.0 Å². The van der Waals surface area contributed by atoms with Crippen LogP contribution in [0, 0.1) is 5.41 Å². The molecule has 1 aliphatic carbocycles. The molecule has 1 aromatic heterocycles. The average Bonchev–Trinajstić information content (AvgIpc) is 2.50. The van der Waals surface area contributed by atoms with Gasteiger partial charge in [0.25, 0.3) is 0 Å². The molecule has 2 fully saturated rings. The van der Waals surface area contributed by atoms with Crippen LogP contribution >= 0.6 is 0 Å². The minimum Gasteiger partial charge on any atom is -0.371 e. The molecule has 0 bridgehead atoms. The van der Waals surface area contributed by atoms with E-state index in [4.69, 9.17) is 0 Å². The third-order valence-electron chi connectivity index (χ3n) is 5.32. The fourth-order valence-corrected chi connectivity index (χ4v) is 4.08. The highest BCUT2D eigenvalue weighted by Crippen LogP contribution is 2.45. The Hall–Kier alpha value is -1.09. The maximum atomic E-state index is 4.28. The van der Waals surface area contributed by atoms with Crippen LogP contribution in [0.2, 0.25) is 0 Å². The second-order valence-corrected chi connectivity index (χ2v) is 6.58. The fraction of sp³-hybridized carbons (Fsp3) is 0.706. The molecule has 1 N–H and O–H groups in total. The Balaban J connectivity index is 1.68. The lowest BCUT2D eigenvalue weighted by molar-refractivity contribution is 0.144. The minimum atomic E-state index is 0.685. The number of anilines is 1. The van der Waals surface area contributed by atoms with Crippen LogP contribution in [0.25, 0.3) is 0 Å². The van der Waals surface area contributed by atoms with Gasteiger partial charge in [-0.1, -0.05) is 19.3 Å². The first-order valence-electron chi connectivity index (χ1n) is 8.15. The van der Waals surface area contributed by atoms with E-state index >= 15 is 0 Å². The number of rotatable bonds is 3. The number of hydrogen-bond donors (Lipinski definition) is 1. The number of pyridine rings is 1. The van der Waals surface area contributed by atoms with Crippen molar-refractivity contribution in [3.8, 4) is 0 Å². The lowest BCUT2D eigenvalue weighted by Gasteiger charge is -2.45. The van der Waals surface area contributed by atoms with Crippen molar-refractivity contribution in [1.29, 1.82) is 0 Å². The second-order valence-electron chi connectivity index (χ2n) is 6.58. The van der Waals surface area contributed by atoms with Gasteiger partial charge in [0.1, 0.15) is 0 Å². The van der Waals surface area contributed by atoms with Gasteiger partial charge >= 0.3 is 0 Å². The van der Waals surface area contributed by atoms with Crippen LogP contribution in [0.3, 0.4) is 0 Å². The molecule has 1 aliphatic heterocycles.